The lowest BCUT2D eigenvalue weighted by molar-refractivity contribution is -0.386. The molecule has 34 heavy (non-hydrogen) atoms. The number of aromatic nitrogens is 2. The van der Waals surface area contributed by atoms with Gasteiger partial charge in [-0.2, -0.15) is 0 Å². The van der Waals surface area contributed by atoms with Crippen LogP contribution in [0.4, 0.5) is 0 Å². The minimum absolute atomic E-state index is 0. The smallest absolute Gasteiger partial charge is 0.0997 e. The maximum atomic E-state index is 5.13. The van der Waals surface area contributed by atoms with Crippen molar-refractivity contribution in [2.45, 2.75) is 13.1 Å². The first-order chi connectivity index (χ1) is 15.8. The van der Waals surface area contributed by atoms with Crippen LogP contribution in [0.2, 0.25) is 0 Å². The van der Waals surface area contributed by atoms with E-state index in [1.807, 2.05) is 18.3 Å². The fraction of sp³-hybridized carbons (Fsp3) is 0.0714. The summed E-state index contributed by atoms with van der Waals surface area (Å²) in [7, 11) is 0. The molecule has 5 aromatic rings. The third kappa shape index (κ3) is 4.96. The Hall–Kier alpha value is -3.28. The number of hydrogen-bond acceptors (Lipinski definition) is 2. The van der Waals surface area contributed by atoms with Crippen LogP contribution in [0, 0.1) is 0 Å². The highest BCUT2D eigenvalue weighted by molar-refractivity contribution is 5.98. The molecule has 0 radical (unpaired) electrons. The molecule has 4 nitrogen and oxygen atoms in total. The first kappa shape index (κ1) is 25.3. The summed E-state index contributed by atoms with van der Waals surface area (Å²) in [6, 6.07) is 31.7. The molecule has 5 rings (SSSR count). The summed E-state index contributed by atoms with van der Waals surface area (Å²) in [6.45, 7) is 1.55. The lowest BCUT2D eigenvalue weighted by Gasteiger charge is -2.14. The largest absolute Gasteiger partial charge is 1.00 e. The van der Waals surface area contributed by atoms with Crippen molar-refractivity contribution in [3.63, 3.8) is 0 Å². The number of halogens is 2. The zero-order valence-corrected chi connectivity index (χ0v) is 20.2. The van der Waals surface area contributed by atoms with Gasteiger partial charge in [0.25, 0.3) is 0 Å². The Morgan fingerprint density at radius 1 is 0.588 bits per heavy atom. The zero-order valence-electron chi connectivity index (χ0n) is 18.7. The Morgan fingerprint density at radius 3 is 1.71 bits per heavy atom. The van der Waals surface area contributed by atoms with Gasteiger partial charge in [-0.15, -0.1) is 0 Å². The second-order valence-corrected chi connectivity index (χ2v) is 7.87. The van der Waals surface area contributed by atoms with Crippen molar-refractivity contribution in [1.29, 1.82) is 0 Å². The summed E-state index contributed by atoms with van der Waals surface area (Å²) in [5.41, 5.74) is 17.7. The predicted molar refractivity (Wildman–Crippen MR) is 129 cm³/mol. The van der Waals surface area contributed by atoms with Gasteiger partial charge in [0.05, 0.1) is 30.0 Å². The molecule has 0 unspecified atom stereocenters. The van der Waals surface area contributed by atoms with Crippen LogP contribution in [-0.2, 0) is 13.1 Å². The van der Waals surface area contributed by atoms with Gasteiger partial charge in [0.15, 0.2) is 0 Å². The van der Waals surface area contributed by atoms with E-state index in [9.17, 15) is 0 Å². The van der Waals surface area contributed by atoms with Crippen molar-refractivity contribution < 1.29 is 36.3 Å². The molecule has 2 heterocycles. The average molecular weight is 489 g/mol. The Morgan fingerprint density at radius 2 is 1.15 bits per heavy atom. The second kappa shape index (κ2) is 11.2. The summed E-state index contributed by atoms with van der Waals surface area (Å²) < 4.78 is 0. The molecular formula is C28H26Cl2N4. The molecule has 172 valence electrons. The molecule has 0 fully saturated rings. The van der Waals surface area contributed by atoms with Gasteiger partial charge in [0.1, 0.15) is 0 Å². The maximum Gasteiger partial charge on any atom is 0.0997 e. The Labute approximate surface area is 211 Å². The van der Waals surface area contributed by atoms with E-state index >= 15 is 0 Å². The quantitative estimate of drug-likeness (QED) is 0.303. The molecule has 0 aliphatic carbocycles. The second-order valence-electron chi connectivity index (χ2n) is 7.87. The van der Waals surface area contributed by atoms with E-state index < -0.39 is 0 Å². The third-order valence-corrected chi connectivity index (χ3v) is 5.86. The number of rotatable bonds is 5. The number of quaternary nitrogens is 2. The van der Waals surface area contributed by atoms with Crippen LogP contribution in [0.3, 0.4) is 0 Å². The van der Waals surface area contributed by atoms with Crippen molar-refractivity contribution in [2.24, 2.45) is 0 Å². The standard InChI is InChI=1S/C28H24N4.2ClH/c29-17-19-6-10-22(11-7-19)27-25-16-24(21-4-2-1-3-5-21)28(32-26(25)14-15-31-27)23-12-8-20(18-30)9-13-23;;/h1-16H,17-18,29-30H2;2*1H. The molecule has 2 aromatic heterocycles. The number of hydrogen-bond donors (Lipinski definition) is 2. The van der Waals surface area contributed by atoms with Crippen LogP contribution in [0.1, 0.15) is 11.1 Å². The minimum atomic E-state index is 0. The number of nitrogens with zero attached hydrogens (tertiary/aromatic N) is 2. The van der Waals surface area contributed by atoms with Gasteiger partial charge in [0, 0.05) is 39.4 Å². The molecule has 0 saturated heterocycles. The van der Waals surface area contributed by atoms with E-state index in [2.05, 4.69) is 90.3 Å². The van der Waals surface area contributed by atoms with E-state index in [0.29, 0.717) is 0 Å². The van der Waals surface area contributed by atoms with Crippen LogP contribution in [0.25, 0.3) is 44.5 Å². The third-order valence-electron chi connectivity index (χ3n) is 5.86. The Kier molecular flexibility index (Phi) is 8.37. The minimum Gasteiger partial charge on any atom is -1.00 e. The van der Waals surface area contributed by atoms with Gasteiger partial charge in [-0.05, 0) is 17.7 Å². The predicted octanol–water partition coefficient (Wildman–Crippen LogP) is -1.88. The topological polar surface area (TPSA) is 81.1 Å². The first-order valence-electron chi connectivity index (χ1n) is 10.9. The van der Waals surface area contributed by atoms with E-state index in [-0.39, 0.29) is 24.8 Å². The fourth-order valence-corrected chi connectivity index (χ4v) is 4.04. The van der Waals surface area contributed by atoms with Crippen molar-refractivity contribution in [2.75, 3.05) is 0 Å². The molecule has 3 aromatic carbocycles. The van der Waals surface area contributed by atoms with Gasteiger partial charge >= 0.3 is 0 Å². The van der Waals surface area contributed by atoms with Crippen LogP contribution in [0.5, 0.6) is 0 Å². The van der Waals surface area contributed by atoms with E-state index in [1.54, 1.807) is 0 Å². The molecule has 0 aliphatic rings. The highest BCUT2D eigenvalue weighted by Crippen LogP contribution is 2.36. The summed E-state index contributed by atoms with van der Waals surface area (Å²) in [4.78, 5) is 9.86. The highest BCUT2D eigenvalue weighted by Gasteiger charge is 2.15. The highest BCUT2D eigenvalue weighted by atomic mass is 35.5. The van der Waals surface area contributed by atoms with Gasteiger partial charge in [0.2, 0.25) is 0 Å². The van der Waals surface area contributed by atoms with Crippen molar-refractivity contribution >= 4 is 10.9 Å². The van der Waals surface area contributed by atoms with Gasteiger partial charge in [-0.25, -0.2) is 4.98 Å². The fourth-order valence-electron chi connectivity index (χ4n) is 4.04. The molecule has 0 aliphatic heterocycles. The zero-order chi connectivity index (χ0) is 21.9. The van der Waals surface area contributed by atoms with Crippen LogP contribution in [0.15, 0.2) is 97.2 Å². The van der Waals surface area contributed by atoms with Crippen molar-refractivity contribution in [3.05, 3.63) is 108 Å². The van der Waals surface area contributed by atoms with E-state index in [1.165, 1.54) is 11.1 Å². The molecule has 6 heteroatoms. The molecular weight excluding hydrogens is 463 g/mol. The SMILES string of the molecule is [Cl-].[Cl-].[NH3+]Cc1ccc(-c2nc3ccnc(-c4ccc(C[NH3+])cc4)c3cc2-c2ccccc2)cc1. The van der Waals surface area contributed by atoms with Crippen LogP contribution in [-0.4, -0.2) is 9.97 Å². The number of pyridine rings is 2. The van der Waals surface area contributed by atoms with Crippen molar-refractivity contribution in [3.8, 4) is 33.6 Å². The molecule has 0 bridgehead atoms. The molecule has 0 saturated carbocycles. The summed E-state index contributed by atoms with van der Waals surface area (Å²) in [6.07, 6.45) is 1.85. The Bertz CT molecular complexity index is 1370. The molecule has 0 atom stereocenters. The number of benzene rings is 3. The monoisotopic (exact) mass is 488 g/mol. The number of fused-ring (bicyclic) bond motifs is 1. The Balaban J connectivity index is 0.00000162. The molecule has 0 amide bonds. The van der Waals surface area contributed by atoms with Gasteiger partial charge in [-0.3, -0.25) is 4.98 Å². The van der Waals surface area contributed by atoms with Crippen LogP contribution >= 0.6 is 0 Å². The lowest BCUT2D eigenvalue weighted by Crippen LogP contribution is -3.00. The van der Waals surface area contributed by atoms with Gasteiger partial charge < -0.3 is 36.3 Å². The van der Waals surface area contributed by atoms with Crippen molar-refractivity contribution in [1.82, 2.24) is 9.97 Å². The van der Waals surface area contributed by atoms with Gasteiger partial charge in [-0.1, -0.05) is 78.9 Å². The first-order valence-corrected chi connectivity index (χ1v) is 10.9. The average Bonchev–Trinajstić information content (AvgIpc) is 2.88. The normalized spacial score (nSPS) is 10.4. The molecule has 0 spiro atoms. The lowest BCUT2D eigenvalue weighted by atomic mass is 9.95. The van der Waals surface area contributed by atoms with E-state index in [4.69, 9.17) is 9.97 Å². The van der Waals surface area contributed by atoms with Crippen LogP contribution < -0.4 is 36.3 Å². The summed E-state index contributed by atoms with van der Waals surface area (Å²) >= 11 is 0. The summed E-state index contributed by atoms with van der Waals surface area (Å²) in [5, 5.41) is 1.05. The van der Waals surface area contributed by atoms with E-state index in [0.717, 1.165) is 57.6 Å². The summed E-state index contributed by atoms with van der Waals surface area (Å²) in [5.74, 6) is 0. The maximum absolute atomic E-state index is 5.13. The molecule has 6 N–H and O–H groups in total.